The molecule has 3 nitrogen and oxygen atoms in total. The summed E-state index contributed by atoms with van der Waals surface area (Å²) in [5.41, 5.74) is 0. The fourth-order valence-electron chi connectivity index (χ4n) is 0.110. The highest BCUT2D eigenvalue weighted by Gasteiger charge is 2.09. The van der Waals surface area contributed by atoms with Crippen molar-refractivity contribution in [2.75, 3.05) is 12.0 Å². The summed E-state index contributed by atoms with van der Waals surface area (Å²) >= 11 is 4.99. The number of alkyl halides is 1. The molecule has 10 heavy (non-hydrogen) atoms. The largest absolute Gasteiger partial charge is 0.326 e. The van der Waals surface area contributed by atoms with E-state index in [1.54, 1.807) is 6.08 Å². The van der Waals surface area contributed by atoms with E-state index in [9.17, 15) is 4.57 Å². The zero-order valence-corrected chi connectivity index (χ0v) is 7.48. The molecule has 0 amide bonds. The van der Waals surface area contributed by atoms with Crippen molar-refractivity contribution in [2.45, 2.75) is 6.92 Å². The van der Waals surface area contributed by atoms with E-state index in [1.165, 1.54) is 0 Å². The SMILES string of the molecule is C=CC.O=P(O)(O)CCCl. The van der Waals surface area contributed by atoms with Crippen molar-refractivity contribution in [1.29, 1.82) is 0 Å². The Morgan fingerprint density at radius 1 is 1.70 bits per heavy atom. The molecule has 0 aromatic carbocycles. The first kappa shape index (κ1) is 12.8. The van der Waals surface area contributed by atoms with Crippen molar-refractivity contribution in [3.8, 4) is 0 Å². The van der Waals surface area contributed by atoms with Gasteiger partial charge in [0.25, 0.3) is 0 Å². The molecule has 0 saturated heterocycles. The fraction of sp³-hybridized carbons (Fsp3) is 0.600. The van der Waals surface area contributed by atoms with Crippen LogP contribution in [0.4, 0.5) is 0 Å². The molecule has 0 rings (SSSR count). The summed E-state index contributed by atoms with van der Waals surface area (Å²) in [7, 11) is -3.80. The maximum absolute atomic E-state index is 9.84. The Morgan fingerprint density at radius 2 is 2.00 bits per heavy atom. The Labute approximate surface area is 65.9 Å². The smallest absolute Gasteiger partial charge is 0.324 e. The van der Waals surface area contributed by atoms with Gasteiger partial charge >= 0.3 is 7.60 Å². The molecule has 0 aliphatic carbocycles. The maximum atomic E-state index is 9.84. The molecule has 0 heterocycles. The molecular weight excluding hydrogens is 174 g/mol. The van der Waals surface area contributed by atoms with Crippen molar-refractivity contribution in [2.24, 2.45) is 0 Å². The summed E-state index contributed by atoms with van der Waals surface area (Å²) in [6.45, 7) is 5.25. The lowest BCUT2D eigenvalue weighted by atomic mass is 10.8. The molecule has 0 aliphatic heterocycles. The highest BCUT2D eigenvalue weighted by molar-refractivity contribution is 7.51. The molecule has 0 aromatic rings. The molecule has 0 bridgehead atoms. The fourth-order valence-corrected chi connectivity index (χ4v) is 0.991. The van der Waals surface area contributed by atoms with Crippen LogP contribution in [0.3, 0.4) is 0 Å². The highest BCUT2D eigenvalue weighted by Crippen LogP contribution is 2.33. The van der Waals surface area contributed by atoms with E-state index < -0.39 is 7.60 Å². The van der Waals surface area contributed by atoms with Gasteiger partial charge in [-0.1, -0.05) is 6.08 Å². The minimum absolute atomic E-state index is 0.0181. The van der Waals surface area contributed by atoms with Crippen LogP contribution in [-0.2, 0) is 4.57 Å². The first-order valence-corrected chi connectivity index (χ1v) is 4.98. The Morgan fingerprint density at radius 3 is 2.00 bits per heavy atom. The summed E-state index contributed by atoms with van der Waals surface area (Å²) in [5, 5.41) is 0. The molecule has 0 atom stereocenters. The predicted molar refractivity (Wildman–Crippen MR) is 43.5 cm³/mol. The van der Waals surface area contributed by atoms with Crippen molar-refractivity contribution in [3.05, 3.63) is 12.7 Å². The summed E-state index contributed by atoms with van der Waals surface area (Å²) in [5.74, 6) is 0.0181. The molecule has 0 fully saturated rings. The van der Waals surface area contributed by atoms with Gasteiger partial charge in [0.15, 0.2) is 0 Å². The molecule has 0 saturated carbocycles. The van der Waals surface area contributed by atoms with Crippen LogP contribution in [-0.4, -0.2) is 21.8 Å². The van der Waals surface area contributed by atoms with Crippen LogP contribution < -0.4 is 0 Å². The molecule has 2 N–H and O–H groups in total. The lowest BCUT2D eigenvalue weighted by molar-refractivity contribution is 0.375. The Bertz CT molecular complexity index is 120. The highest BCUT2D eigenvalue weighted by atomic mass is 35.5. The zero-order valence-electron chi connectivity index (χ0n) is 5.83. The van der Waals surface area contributed by atoms with E-state index in [-0.39, 0.29) is 12.0 Å². The number of rotatable bonds is 2. The molecule has 0 radical (unpaired) electrons. The topological polar surface area (TPSA) is 57.5 Å². The number of allylic oxidation sites excluding steroid dienone is 1. The normalized spacial score (nSPS) is 9.60. The Hall–Kier alpha value is 0.180. The van der Waals surface area contributed by atoms with Gasteiger partial charge in [0, 0.05) is 5.88 Å². The van der Waals surface area contributed by atoms with Crippen molar-refractivity contribution < 1.29 is 14.4 Å². The average molecular weight is 187 g/mol. The van der Waals surface area contributed by atoms with Crippen LogP contribution >= 0.6 is 19.2 Å². The summed E-state index contributed by atoms with van der Waals surface area (Å²) in [6, 6.07) is 0. The third-order valence-electron chi connectivity index (χ3n) is 0.376. The van der Waals surface area contributed by atoms with Gasteiger partial charge in [-0.25, -0.2) is 0 Å². The lowest BCUT2D eigenvalue weighted by Crippen LogP contribution is -1.86. The molecule has 62 valence electrons. The first-order chi connectivity index (χ1) is 4.47. The van der Waals surface area contributed by atoms with Crippen molar-refractivity contribution >= 4 is 19.2 Å². The molecule has 0 aliphatic rings. The van der Waals surface area contributed by atoms with Crippen molar-refractivity contribution in [3.63, 3.8) is 0 Å². The van der Waals surface area contributed by atoms with Crippen molar-refractivity contribution in [1.82, 2.24) is 0 Å². The third-order valence-corrected chi connectivity index (χ3v) is 1.63. The number of hydrogen-bond donors (Lipinski definition) is 2. The van der Waals surface area contributed by atoms with E-state index in [0.29, 0.717) is 0 Å². The predicted octanol–water partition coefficient (Wildman–Crippen LogP) is 1.60. The van der Waals surface area contributed by atoms with Gasteiger partial charge in [-0.05, 0) is 6.92 Å². The zero-order chi connectivity index (χ0) is 8.62. The van der Waals surface area contributed by atoms with Gasteiger partial charge < -0.3 is 9.79 Å². The van der Waals surface area contributed by atoms with Gasteiger partial charge in [0.05, 0.1) is 6.16 Å². The van der Waals surface area contributed by atoms with Crippen LogP contribution in [0.1, 0.15) is 6.92 Å². The Kier molecular flexibility index (Phi) is 9.35. The molecule has 0 spiro atoms. The van der Waals surface area contributed by atoms with Gasteiger partial charge in [0.2, 0.25) is 0 Å². The van der Waals surface area contributed by atoms with E-state index in [2.05, 4.69) is 6.58 Å². The van der Waals surface area contributed by atoms with Gasteiger partial charge in [-0.15, -0.1) is 18.2 Å². The van der Waals surface area contributed by atoms with Crippen LogP contribution in [0.2, 0.25) is 0 Å². The van der Waals surface area contributed by atoms with E-state index >= 15 is 0 Å². The van der Waals surface area contributed by atoms with Gasteiger partial charge in [0.1, 0.15) is 0 Å². The average Bonchev–Trinajstić information content (AvgIpc) is 1.63. The minimum Gasteiger partial charge on any atom is -0.324 e. The molecular formula is C5H12ClO3P. The molecule has 5 heteroatoms. The van der Waals surface area contributed by atoms with Crippen LogP contribution in [0.15, 0.2) is 12.7 Å². The standard InChI is InChI=1S/C3H6.C2H6ClO3P/c1-3-2;3-1-2-7(4,5)6/h3H,1H2,2H3;1-2H2,(H2,4,5,6). The lowest BCUT2D eigenvalue weighted by Gasteiger charge is -1.95. The summed E-state index contributed by atoms with van der Waals surface area (Å²) in [6.07, 6.45) is 1.52. The number of hydrogen-bond acceptors (Lipinski definition) is 1. The second-order valence-corrected chi connectivity index (χ2v) is 3.64. The van der Waals surface area contributed by atoms with Crippen LogP contribution in [0.5, 0.6) is 0 Å². The van der Waals surface area contributed by atoms with E-state index in [0.717, 1.165) is 0 Å². The van der Waals surface area contributed by atoms with Gasteiger partial charge in [-0.3, -0.25) is 4.57 Å². The second kappa shape index (κ2) is 7.29. The van der Waals surface area contributed by atoms with Gasteiger partial charge in [-0.2, -0.15) is 0 Å². The van der Waals surface area contributed by atoms with Crippen LogP contribution in [0.25, 0.3) is 0 Å². The van der Waals surface area contributed by atoms with E-state index in [4.69, 9.17) is 21.4 Å². The molecule has 0 unspecified atom stereocenters. The maximum Gasteiger partial charge on any atom is 0.326 e. The minimum atomic E-state index is -3.80. The first-order valence-electron chi connectivity index (χ1n) is 2.65. The number of halogens is 1. The van der Waals surface area contributed by atoms with Crippen LogP contribution in [0, 0.1) is 0 Å². The summed E-state index contributed by atoms with van der Waals surface area (Å²) in [4.78, 5) is 16.1. The monoisotopic (exact) mass is 186 g/mol. The second-order valence-electron chi connectivity index (χ2n) is 1.49. The Balaban J connectivity index is 0. The molecule has 0 aromatic heterocycles. The van der Waals surface area contributed by atoms with E-state index in [1.807, 2.05) is 6.92 Å². The summed E-state index contributed by atoms with van der Waals surface area (Å²) < 4.78 is 9.84. The third kappa shape index (κ3) is 24.1. The quantitative estimate of drug-likeness (QED) is 0.391.